The topological polar surface area (TPSA) is 61.6 Å². The van der Waals surface area contributed by atoms with E-state index in [1.54, 1.807) is 18.5 Å². The molecule has 2 rings (SSSR count). The molecule has 0 spiro atoms. The van der Waals surface area contributed by atoms with Crippen LogP contribution in [-0.2, 0) is 6.42 Å². The van der Waals surface area contributed by atoms with Crippen LogP contribution >= 0.6 is 0 Å². The highest BCUT2D eigenvalue weighted by Gasteiger charge is 1.96. The van der Waals surface area contributed by atoms with Crippen molar-refractivity contribution >= 4 is 5.82 Å². The van der Waals surface area contributed by atoms with Crippen molar-refractivity contribution in [3.63, 3.8) is 0 Å². The first-order chi connectivity index (χ1) is 8.38. The molecule has 0 aromatic carbocycles. The molecule has 0 aliphatic carbocycles. The lowest BCUT2D eigenvalue weighted by atomic mass is 10.2. The minimum atomic E-state index is 0.430. The Morgan fingerprint density at radius 2 is 2.00 bits per heavy atom. The number of rotatable bonds is 4. The Hall–Kier alpha value is -2.41. The summed E-state index contributed by atoms with van der Waals surface area (Å²) in [6, 6.07) is 11.4. The number of pyridine rings is 2. The van der Waals surface area contributed by atoms with Gasteiger partial charge in [0.15, 0.2) is 0 Å². The predicted molar refractivity (Wildman–Crippen MR) is 65.4 cm³/mol. The molecule has 0 amide bonds. The second kappa shape index (κ2) is 5.61. The van der Waals surface area contributed by atoms with Crippen LogP contribution in [0.1, 0.15) is 11.3 Å². The Bertz CT molecular complexity index is 516. The fourth-order valence-electron chi connectivity index (χ4n) is 1.48. The third-order valence-corrected chi connectivity index (χ3v) is 2.33. The SMILES string of the molecule is N#Cc1cccc(NCCc2ccncc2)n1. The average molecular weight is 224 g/mol. The minimum Gasteiger partial charge on any atom is -0.370 e. The highest BCUT2D eigenvalue weighted by molar-refractivity contribution is 5.38. The first-order valence-electron chi connectivity index (χ1n) is 5.38. The molecule has 84 valence electrons. The molecule has 4 heteroatoms. The van der Waals surface area contributed by atoms with Gasteiger partial charge in [-0.05, 0) is 36.2 Å². The Labute approximate surface area is 100.0 Å². The van der Waals surface area contributed by atoms with Gasteiger partial charge in [0.25, 0.3) is 0 Å². The quantitative estimate of drug-likeness (QED) is 0.862. The number of nitrogens with zero attached hydrogens (tertiary/aromatic N) is 3. The Balaban J connectivity index is 1.88. The van der Waals surface area contributed by atoms with E-state index in [-0.39, 0.29) is 0 Å². The largest absolute Gasteiger partial charge is 0.370 e. The summed E-state index contributed by atoms with van der Waals surface area (Å²) in [6.45, 7) is 0.784. The zero-order chi connectivity index (χ0) is 11.9. The third kappa shape index (κ3) is 3.28. The van der Waals surface area contributed by atoms with Crippen molar-refractivity contribution in [1.29, 1.82) is 5.26 Å². The average Bonchev–Trinajstić information content (AvgIpc) is 2.40. The highest BCUT2D eigenvalue weighted by atomic mass is 15.0. The van der Waals surface area contributed by atoms with Crippen molar-refractivity contribution in [2.75, 3.05) is 11.9 Å². The number of aromatic nitrogens is 2. The van der Waals surface area contributed by atoms with Crippen molar-refractivity contribution in [3.8, 4) is 6.07 Å². The van der Waals surface area contributed by atoms with Crippen molar-refractivity contribution in [3.05, 3.63) is 54.0 Å². The summed E-state index contributed by atoms with van der Waals surface area (Å²) in [5, 5.41) is 11.9. The van der Waals surface area contributed by atoms with E-state index in [2.05, 4.69) is 15.3 Å². The van der Waals surface area contributed by atoms with Gasteiger partial charge in [0, 0.05) is 18.9 Å². The lowest BCUT2D eigenvalue weighted by Crippen LogP contribution is -2.06. The summed E-state index contributed by atoms with van der Waals surface area (Å²) in [5.74, 6) is 0.734. The van der Waals surface area contributed by atoms with Gasteiger partial charge in [0.1, 0.15) is 17.6 Å². The molecule has 1 N–H and O–H groups in total. The fraction of sp³-hybridized carbons (Fsp3) is 0.154. The maximum Gasteiger partial charge on any atom is 0.142 e. The highest BCUT2D eigenvalue weighted by Crippen LogP contribution is 2.04. The van der Waals surface area contributed by atoms with E-state index in [9.17, 15) is 0 Å². The maximum absolute atomic E-state index is 8.72. The van der Waals surface area contributed by atoms with E-state index in [0.717, 1.165) is 18.8 Å². The minimum absolute atomic E-state index is 0.430. The van der Waals surface area contributed by atoms with Crippen molar-refractivity contribution in [2.24, 2.45) is 0 Å². The molecule has 2 aromatic rings. The van der Waals surface area contributed by atoms with Gasteiger partial charge >= 0.3 is 0 Å². The second-order valence-electron chi connectivity index (χ2n) is 3.55. The van der Waals surface area contributed by atoms with E-state index in [0.29, 0.717) is 5.69 Å². The van der Waals surface area contributed by atoms with E-state index in [1.165, 1.54) is 5.56 Å². The molecular weight excluding hydrogens is 212 g/mol. The van der Waals surface area contributed by atoms with Crippen LogP contribution in [0, 0.1) is 11.3 Å². The van der Waals surface area contributed by atoms with E-state index in [1.807, 2.05) is 30.3 Å². The molecule has 2 heterocycles. The number of nitriles is 1. The van der Waals surface area contributed by atoms with Crippen molar-refractivity contribution in [1.82, 2.24) is 9.97 Å². The number of hydrogen-bond donors (Lipinski definition) is 1. The van der Waals surface area contributed by atoms with Crippen molar-refractivity contribution in [2.45, 2.75) is 6.42 Å². The van der Waals surface area contributed by atoms with Crippen LogP contribution in [0.4, 0.5) is 5.82 Å². The molecule has 0 bridgehead atoms. The fourth-order valence-corrected chi connectivity index (χ4v) is 1.48. The Kier molecular flexibility index (Phi) is 3.66. The maximum atomic E-state index is 8.72. The van der Waals surface area contributed by atoms with Gasteiger partial charge in [-0.1, -0.05) is 6.07 Å². The Morgan fingerprint density at radius 1 is 1.18 bits per heavy atom. The summed E-state index contributed by atoms with van der Waals surface area (Å²) < 4.78 is 0. The van der Waals surface area contributed by atoms with Crippen LogP contribution in [-0.4, -0.2) is 16.5 Å². The molecule has 0 fully saturated rings. The van der Waals surface area contributed by atoms with Crippen LogP contribution in [0.3, 0.4) is 0 Å². The van der Waals surface area contributed by atoms with Crippen LogP contribution in [0.15, 0.2) is 42.7 Å². The van der Waals surface area contributed by atoms with Gasteiger partial charge in [-0.15, -0.1) is 0 Å². The first kappa shape index (κ1) is 11.1. The Morgan fingerprint density at radius 3 is 2.76 bits per heavy atom. The lowest BCUT2D eigenvalue weighted by Gasteiger charge is -2.05. The summed E-state index contributed by atoms with van der Waals surface area (Å²) >= 11 is 0. The van der Waals surface area contributed by atoms with Gasteiger partial charge in [0.2, 0.25) is 0 Å². The molecule has 0 atom stereocenters. The molecule has 0 saturated carbocycles. The molecule has 17 heavy (non-hydrogen) atoms. The molecule has 4 nitrogen and oxygen atoms in total. The van der Waals surface area contributed by atoms with E-state index in [4.69, 9.17) is 5.26 Å². The smallest absolute Gasteiger partial charge is 0.142 e. The van der Waals surface area contributed by atoms with Gasteiger partial charge in [-0.3, -0.25) is 4.98 Å². The molecular formula is C13H12N4. The lowest BCUT2D eigenvalue weighted by molar-refractivity contribution is 0.998. The molecule has 2 aromatic heterocycles. The number of hydrogen-bond acceptors (Lipinski definition) is 4. The molecule has 0 aliphatic rings. The molecule has 0 unspecified atom stereocenters. The molecule has 0 saturated heterocycles. The zero-order valence-electron chi connectivity index (χ0n) is 9.30. The van der Waals surface area contributed by atoms with Crippen LogP contribution < -0.4 is 5.32 Å². The second-order valence-corrected chi connectivity index (χ2v) is 3.55. The van der Waals surface area contributed by atoms with Gasteiger partial charge in [-0.2, -0.15) is 5.26 Å². The van der Waals surface area contributed by atoms with Gasteiger partial charge in [-0.25, -0.2) is 4.98 Å². The standard InChI is InChI=1S/C13H12N4/c14-10-12-2-1-3-13(17-12)16-9-6-11-4-7-15-8-5-11/h1-5,7-8H,6,9H2,(H,16,17). The van der Waals surface area contributed by atoms with E-state index < -0.39 is 0 Å². The van der Waals surface area contributed by atoms with Gasteiger partial charge < -0.3 is 5.32 Å². The van der Waals surface area contributed by atoms with Crippen LogP contribution in [0.2, 0.25) is 0 Å². The summed E-state index contributed by atoms with van der Waals surface area (Å²) in [5.41, 5.74) is 1.66. The summed E-state index contributed by atoms with van der Waals surface area (Å²) in [7, 11) is 0. The van der Waals surface area contributed by atoms with Crippen LogP contribution in [0.25, 0.3) is 0 Å². The van der Waals surface area contributed by atoms with Gasteiger partial charge in [0.05, 0.1) is 0 Å². The van der Waals surface area contributed by atoms with E-state index >= 15 is 0 Å². The number of nitrogens with one attached hydrogen (secondary N) is 1. The first-order valence-corrected chi connectivity index (χ1v) is 5.38. The van der Waals surface area contributed by atoms with Crippen LogP contribution in [0.5, 0.6) is 0 Å². The normalized spacial score (nSPS) is 9.59. The summed E-state index contributed by atoms with van der Waals surface area (Å²) in [6.07, 6.45) is 4.47. The molecule has 0 aliphatic heterocycles. The third-order valence-electron chi connectivity index (χ3n) is 2.33. The summed E-state index contributed by atoms with van der Waals surface area (Å²) in [4.78, 5) is 8.10. The number of anilines is 1. The predicted octanol–water partition coefficient (Wildman–Crippen LogP) is 2.00. The molecule has 0 radical (unpaired) electrons. The zero-order valence-corrected chi connectivity index (χ0v) is 9.30. The van der Waals surface area contributed by atoms with Crippen molar-refractivity contribution < 1.29 is 0 Å². The monoisotopic (exact) mass is 224 g/mol.